The van der Waals surface area contributed by atoms with Crippen LogP contribution in [0.25, 0.3) is 0 Å². The van der Waals surface area contributed by atoms with E-state index in [9.17, 15) is 14.7 Å². The number of ketones is 1. The molecule has 0 atom stereocenters. The van der Waals surface area contributed by atoms with Gasteiger partial charge in [0.25, 0.3) is 0 Å². The Morgan fingerprint density at radius 3 is 2.11 bits per heavy atom. The Bertz CT molecular complexity index is 103. The molecule has 3 heteroatoms. The second-order valence-corrected chi connectivity index (χ2v) is 1.93. The number of hydrogen-bond acceptors (Lipinski definition) is 2. The van der Waals surface area contributed by atoms with Crippen molar-refractivity contribution in [2.75, 3.05) is 0 Å². The van der Waals surface area contributed by atoms with Gasteiger partial charge in [-0.2, -0.15) is 0 Å². The molecule has 0 N–H and O–H groups in total. The number of Topliss-reactive ketones (excluding diaryl/α,β-unsaturated/α-hetero) is 1. The molecule has 9 heavy (non-hydrogen) atoms. The van der Waals surface area contributed by atoms with Crippen molar-refractivity contribution >= 4 is 11.8 Å². The highest BCUT2D eigenvalue weighted by Crippen LogP contribution is 1.95. The van der Waals surface area contributed by atoms with E-state index in [2.05, 4.69) is 0 Å². The van der Waals surface area contributed by atoms with Crippen LogP contribution < -0.4 is 0 Å². The Morgan fingerprint density at radius 2 is 1.78 bits per heavy atom. The van der Waals surface area contributed by atoms with E-state index < -0.39 is 5.97 Å². The maximum Gasteiger partial charge on any atom is 0.355 e. The van der Waals surface area contributed by atoms with Crippen LogP contribution in [-0.4, -0.2) is 11.8 Å². The molecule has 0 aliphatic rings. The van der Waals surface area contributed by atoms with E-state index in [0.29, 0.717) is 12.8 Å². The molecule has 0 bridgehead atoms. The largest absolute Gasteiger partial charge is 0.355 e. The highest BCUT2D eigenvalue weighted by atomic mass is 16.4. The summed E-state index contributed by atoms with van der Waals surface area (Å²) in [7, 11) is 0. The Labute approximate surface area is 53.7 Å². The van der Waals surface area contributed by atoms with Gasteiger partial charge in [0.2, 0.25) is 0 Å². The van der Waals surface area contributed by atoms with Gasteiger partial charge in [0.1, 0.15) is 5.78 Å². The second kappa shape index (κ2) is 4.06. The monoisotopic (exact) mass is 129 g/mol. The standard InChI is InChI=1S/C6H9O3/c1-5(7)3-2-4-6(8)9/h2-4H2,1H3. The van der Waals surface area contributed by atoms with Gasteiger partial charge in [-0.05, 0) is 13.3 Å². The average Bonchev–Trinajstić information content (AvgIpc) is 1.63. The molecule has 0 rings (SSSR count). The summed E-state index contributed by atoms with van der Waals surface area (Å²) in [4.78, 5) is 20.0. The van der Waals surface area contributed by atoms with Gasteiger partial charge in [-0.3, -0.25) is 0 Å². The zero-order chi connectivity index (χ0) is 7.28. The summed E-state index contributed by atoms with van der Waals surface area (Å²) in [5, 5.41) is 9.76. The fourth-order valence-electron chi connectivity index (χ4n) is 0.482. The Kier molecular flexibility index (Phi) is 3.67. The summed E-state index contributed by atoms with van der Waals surface area (Å²) in [5.74, 6) is -1.06. The molecule has 0 fully saturated rings. The third kappa shape index (κ3) is 7.14. The van der Waals surface area contributed by atoms with Gasteiger partial charge in [0.05, 0.1) is 6.42 Å². The lowest BCUT2D eigenvalue weighted by molar-refractivity contribution is -0.143. The summed E-state index contributed by atoms with van der Waals surface area (Å²) >= 11 is 0. The molecule has 3 nitrogen and oxygen atoms in total. The predicted octanol–water partition coefficient (Wildman–Crippen LogP) is 0.703. The lowest BCUT2D eigenvalue weighted by atomic mass is 10.2. The van der Waals surface area contributed by atoms with E-state index in [-0.39, 0.29) is 12.2 Å². The first kappa shape index (κ1) is 8.14. The minimum absolute atomic E-state index is 0.0143. The van der Waals surface area contributed by atoms with Crippen molar-refractivity contribution in [2.24, 2.45) is 0 Å². The van der Waals surface area contributed by atoms with Crippen LogP contribution in [-0.2, 0) is 14.7 Å². The summed E-state index contributed by atoms with van der Waals surface area (Å²) in [6.07, 6.45) is 0.727. The molecule has 0 saturated heterocycles. The van der Waals surface area contributed by atoms with Crippen molar-refractivity contribution in [1.82, 2.24) is 0 Å². The third-order valence-corrected chi connectivity index (χ3v) is 0.910. The number of carbonyl (C=O) groups is 2. The predicted molar refractivity (Wildman–Crippen MR) is 30.2 cm³/mol. The molecule has 0 aliphatic heterocycles. The van der Waals surface area contributed by atoms with Gasteiger partial charge in [-0.25, -0.2) is 9.90 Å². The molecule has 0 unspecified atom stereocenters. The van der Waals surface area contributed by atoms with E-state index in [1.165, 1.54) is 6.92 Å². The van der Waals surface area contributed by atoms with Crippen LogP contribution in [0.2, 0.25) is 0 Å². The van der Waals surface area contributed by atoms with Gasteiger partial charge < -0.3 is 4.79 Å². The first-order valence-electron chi connectivity index (χ1n) is 2.82. The Morgan fingerprint density at radius 1 is 1.22 bits per heavy atom. The van der Waals surface area contributed by atoms with Crippen LogP contribution in [0.4, 0.5) is 0 Å². The lowest BCUT2D eigenvalue weighted by Gasteiger charge is -1.88. The van der Waals surface area contributed by atoms with Gasteiger partial charge in [-0.1, -0.05) is 0 Å². The number of rotatable bonds is 4. The molecule has 0 aliphatic carbocycles. The van der Waals surface area contributed by atoms with Crippen molar-refractivity contribution in [1.29, 1.82) is 0 Å². The van der Waals surface area contributed by atoms with Crippen molar-refractivity contribution in [3.63, 3.8) is 0 Å². The SMILES string of the molecule is CC(=O)CCCC([O])=O. The molecule has 0 spiro atoms. The second-order valence-electron chi connectivity index (χ2n) is 1.93. The number of carbonyl (C=O) groups excluding carboxylic acids is 2. The maximum atomic E-state index is 10.2. The van der Waals surface area contributed by atoms with E-state index in [4.69, 9.17) is 0 Å². The van der Waals surface area contributed by atoms with Crippen molar-refractivity contribution in [3.8, 4) is 0 Å². The summed E-state index contributed by atoms with van der Waals surface area (Å²) in [6.45, 7) is 1.44. The maximum absolute atomic E-state index is 10.2. The van der Waals surface area contributed by atoms with Crippen molar-refractivity contribution < 1.29 is 14.7 Å². The van der Waals surface area contributed by atoms with E-state index in [1.807, 2.05) is 0 Å². The van der Waals surface area contributed by atoms with Crippen LogP contribution in [0.5, 0.6) is 0 Å². The summed E-state index contributed by atoms with van der Waals surface area (Å²) < 4.78 is 0. The Hall–Kier alpha value is -0.860. The fraction of sp³-hybridized carbons (Fsp3) is 0.667. The fourth-order valence-corrected chi connectivity index (χ4v) is 0.482. The molecule has 0 aromatic carbocycles. The number of hydrogen-bond donors (Lipinski definition) is 0. The van der Waals surface area contributed by atoms with Gasteiger partial charge in [0.15, 0.2) is 0 Å². The quantitative estimate of drug-likeness (QED) is 0.561. The van der Waals surface area contributed by atoms with Crippen LogP contribution in [0, 0.1) is 0 Å². The van der Waals surface area contributed by atoms with Crippen molar-refractivity contribution in [2.45, 2.75) is 26.2 Å². The minimum Gasteiger partial charge on any atom is -0.300 e. The van der Waals surface area contributed by atoms with E-state index in [0.717, 1.165) is 0 Å². The summed E-state index contributed by atoms with van der Waals surface area (Å²) in [5.41, 5.74) is 0. The molecule has 0 saturated carbocycles. The first-order valence-corrected chi connectivity index (χ1v) is 2.82. The first-order chi connectivity index (χ1) is 4.13. The molecule has 0 aromatic rings. The smallest absolute Gasteiger partial charge is 0.300 e. The van der Waals surface area contributed by atoms with Gasteiger partial charge >= 0.3 is 5.97 Å². The highest BCUT2D eigenvalue weighted by Gasteiger charge is 1.99. The van der Waals surface area contributed by atoms with Crippen molar-refractivity contribution in [3.05, 3.63) is 0 Å². The van der Waals surface area contributed by atoms with Gasteiger partial charge in [0, 0.05) is 6.42 Å². The zero-order valence-electron chi connectivity index (χ0n) is 5.35. The molecule has 0 heterocycles. The van der Waals surface area contributed by atoms with Crippen LogP contribution in [0.3, 0.4) is 0 Å². The van der Waals surface area contributed by atoms with Gasteiger partial charge in [-0.15, -0.1) is 0 Å². The van der Waals surface area contributed by atoms with E-state index in [1.54, 1.807) is 0 Å². The molecule has 0 aromatic heterocycles. The van der Waals surface area contributed by atoms with E-state index >= 15 is 0 Å². The Balaban J connectivity index is 3.10. The van der Waals surface area contributed by atoms with Crippen LogP contribution in [0.1, 0.15) is 26.2 Å². The normalized spacial score (nSPS) is 9.00. The van der Waals surface area contributed by atoms with Crippen LogP contribution in [0.15, 0.2) is 0 Å². The van der Waals surface area contributed by atoms with Crippen LogP contribution >= 0.6 is 0 Å². The molecular formula is C6H9O3. The lowest BCUT2D eigenvalue weighted by Crippen LogP contribution is -1.95. The zero-order valence-corrected chi connectivity index (χ0v) is 5.35. The summed E-state index contributed by atoms with van der Waals surface area (Å²) in [6, 6.07) is 0. The molecule has 0 amide bonds. The highest BCUT2D eigenvalue weighted by molar-refractivity contribution is 5.76. The minimum atomic E-state index is -1.09. The average molecular weight is 129 g/mol. The topological polar surface area (TPSA) is 54.0 Å². The molecular weight excluding hydrogens is 120 g/mol. The molecule has 51 valence electrons. The molecule has 1 radical (unpaired) electrons. The third-order valence-electron chi connectivity index (χ3n) is 0.910.